The number of hydrogen-bond acceptors (Lipinski definition) is 4. The number of anilines is 1. The summed E-state index contributed by atoms with van der Waals surface area (Å²) < 4.78 is 6.23. The van der Waals surface area contributed by atoms with Crippen LogP contribution in [0.4, 0.5) is 5.69 Å². The standard InChI is InChI=1S/C24H24N2O3/c1-13-18(14-9-11-15(12-10-14)25(2)3)20-21(24(28)26(4)23(20)27)22-19(13)16-7-5-6-8-17(16)29-22/h5-12,18,20-22H,1-4H3/t18-,20+,21+,22-/m0/s1. The molecular formula is C24H24N2O3. The fourth-order valence-electron chi connectivity index (χ4n) is 5.24. The Morgan fingerprint density at radius 3 is 2.28 bits per heavy atom. The van der Waals surface area contributed by atoms with E-state index in [-0.39, 0.29) is 17.7 Å². The van der Waals surface area contributed by atoms with Crippen LogP contribution in [0.5, 0.6) is 5.75 Å². The SMILES string of the molecule is CC1=C2c3ccccc3O[C@@H]2[C@@H]2C(=O)N(C)C(=O)[C@@H]2[C@@H]1c1ccc(N(C)C)cc1. The molecule has 5 heteroatoms. The number of ether oxygens (including phenoxy) is 1. The van der Waals surface area contributed by atoms with E-state index in [2.05, 4.69) is 31.2 Å². The second-order valence-corrected chi connectivity index (χ2v) is 8.38. The summed E-state index contributed by atoms with van der Waals surface area (Å²) in [6.07, 6.45) is -0.393. The van der Waals surface area contributed by atoms with E-state index in [1.807, 2.05) is 43.3 Å². The minimum Gasteiger partial charge on any atom is -0.484 e. The average molecular weight is 388 g/mol. The fourth-order valence-corrected chi connectivity index (χ4v) is 5.24. The van der Waals surface area contributed by atoms with Crippen LogP contribution in [0.1, 0.15) is 24.0 Å². The van der Waals surface area contributed by atoms with Crippen molar-refractivity contribution in [3.8, 4) is 5.75 Å². The molecule has 2 aromatic rings. The van der Waals surface area contributed by atoms with Crippen molar-refractivity contribution in [2.45, 2.75) is 18.9 Å². The van der Waals surface area contributed by atoms with Crippen LogP contribution in [-0.4, -0.2) is 44.0 Å². The molecule has 5 rings (SSSR count). The molecule has 0 aromatic heterocycles. The van der Waals surface area contributed by atoms with Crippen LogP contribution in [0.2, 0.25) is 0 Å². The van der Waals surface area contributed by atoms with Crippen LogP contribution in [0.15, 0.2) is 54.1 Å². The number of hydrogen-bond donors (Lipinski definition) is 0. The molecule has 2 amide bonds. The lowest BCUT2D eigenvalue weighted by molar-refractivity contribution is -0.138. The molecule has 148 valence electrons. The van der Waals surface area contributed by atoms with Crippen molar-refractivity contribution in [3.05, 3.63) is 65.2 Å². The normalized spacial score (nSPS) is 27.5. The van der Waals surface area contributed by atoms with Gasteiger partial charge in [-0.25, -0.2) is 0 Å². The van der Waals surface area contributed by atoms with Gasteiger partial charge in [0.05, 0.1) is 11.8 Å². The first kappa shape index (κ1) is 18.0. The van der Waals surface area contributed by atoms with Crippen molar-refractivity contribution in [2.75, 3.05) is 26.0 Å². The third-order valence-electron chi connectivity index (χ3n) is 6.68. The monoisotopic (exact) mass is 388 g/mol. The minimum absolute atomic E-state index is 0.111. The Hall–Kier alpha value is -3.08. The van der Waals surface area contributed by atoms with Crippen LogP contribution >= 0.6 is 0 Å². The van der Waals surface area contributed by atoms with Crippen LogP contribution in [0, 0.1) is 11.8 Å². The summed E-state index contributed by atoms with van der Waals surface area (Å²) in [5.74, 6) is -0.516. The van der Waals surface area contributed by atoms with Crippen LogP contribution in [0.25, 0.3) is 5.57 Å². The molecule has 0 radical (unpaired) electrons. The summed E-state index contributed by atoms with van der Waals surface area (Å²) in [5, 5.41) is 0. The molecular weight excluding hydrogens is 364 g/mol. The van der Waals surface area contributed by atoms with Gasteiger partial charge in [0.25, 0.3) is 0 Å². The third-order valence-corrected chi connectivity index (χ3v) is 6.68. The topological polar surface area (TPSA) is 49.9 Å². The van der Waals surface area contributed by atoms with Gasteiger partial charge in [-0.15, -0.1) is 0 Å². The van der Waals surface area contributed by atoms with Gasteiger partial charge >= 0.3 is 0 Å². The number of carbonyl (C=O) groups is 2. The predicted octanol–water partition coefficient (Wildman–Crippen LogP) is 3.32. The highest BCUT2D eigenvalue weighted by Crippen LogP contribution is 2.56. The molecule has 2 aromatic carbocycles. The van der Waals surface area contributed by atoms with Crippen molar-refractivity contribution in [3.63, 3.8) is 0 Å². The first-order valence-corrected chi connectivity index (χ1v) is 9.95. The Kier molecular flexibility index (Phi) is 3.85. The zero-order valence-electron chi connectivity index (χ0n) is 17.0. The number of allylic oxidation sites excluding steroid dienone is 1. The molecule has 3 aliphatic rings. The molecule has 2 aliphatic heterocycles. The summed E-state index contributed by atoms with van der Waals surface area (Å²) in [6.45, 7) is 2.09. The van der Waals surface area contributed by atoms with E-state index >= 15 is 0 Å². The number of imide groups is 1. The lowest BCUT2D eigenvalue weighted by Gasteiger charge is -2.36. The highest BCUT2D eigenvalue weighted by Gasteiger charge is 2.59. The Labute approximate surface area is 170 Å². The Morgan fingerprint density at radius 2 is 1.59 bits per heavy atom. The molecule has 0 N–H and O–H groups in total. The third kappa shape index (κ3) is 2.40. The first-order valence-electron chi connectivity index (χ1n) is 9.95. The Balaban J connectivity index is 1.71. The highest BCUT2D eigenvalue weighted by molar-refractivity contribution is 6.08. The molecule has 0 saturated carbocycles. The number of fused-ring (bicyclic) bond motifs is 5. The van der Waals surface area contributed by atoms with Gasteiger partial charge in [0.2, 0.25) is 11.8 Å². The van der Waals surface area contributed by atoms with Crippen LogP contribution < -0.4 is 9.64 Å². The number of amides is 2. The van der Waals surface area contributed by atoms with Gasteiger partial charge in [0.15, 0.2) is 0 Å². The van der Waals surface area contributed by atoms with Crippen molar-refractivity contribution in [1.29, 1.82) is 0 Å². The van der Waals surface area contributed by atoms with Gasteiger partial charge in [-0.2, -0.15) is 0 Å². The van der Waals surface area contributed by atoms with Crippen molar-refractivity contribution < 1.29 is 14.3 Å². The molecule has 1 aliphatic carbocycles. The summed E-state index contributed by atoms with van der Waals surface area (Å²) in [4.78, 5) is 29.5. The molecule has 1 saturated heterocycles. The van der Waals surface area contributed by atoms with E-state index in [0.717, 1.165) is 33.7 Å². The molecule has 5 nitrogen and oxygen atoms in total. The lowest BCUT2D eigenvalue weighted by atomic mass is 9.66. The van der Waals surface area contributed by atoms with Gasteiger partial charge < -0.3 is 9.64 Å². The molecule has 4 atom stereocenters. The quantitative estimate of drug-likeness (QED) is 0.741. The van der Waals surface area contributed by atoms with Crippen LogP contribution in [0.3, 0.4) is 0 Å². The molecule has 29 heavy (non-hydrogen) atoms. The molecule has 0 spiro atoms. The van der Waals surface area contributed by atoms with Gasteiger partial charge in [-0.1, -0.05) is 35.9 Å². The molecule has 2 heterocycles. The number of likely N-dealkylation sites (tertiary alicyclic amines) is 1. The number of carbonyl (C=O) groups excluding carboxylic acids is 2. The van der Waals surface area contributed by atoms with Crippen molar-refractivity contribution in [1.82, 2.24) is 4.90 Å². The molecule has 0 bridgehead atoms. The second-order valence-electron chi connectivity index (χ2n) is 8.38. The van der Waals surface area contributed by atoms with E-state index in [9.17, 15) is 9.59 Å². The van der Waals surface area contributed by atoms with E-state index in [4.69, 9.17) is 4.74 Å². The van der Waals surface area contributed by atoms with Gasteiger partial charge in [-0.3, -0.25) is 14.5 Å². The number of nitrogens with zero attached hydrogens (tertiary/aromatic N) is 2. The number of benzene rings is 2. The second kappa shape index (κ2) is 6.21. The van der Waals surface area contributed by atoms with Crippen molar-refractivity contribution in [2.24, 2.45) is 11.8 Å². The Morgan fingerprint density at radius 1 is 0.931 bits per heavy atom. The maximum atomic E-state index is 13.1. The van der Waals surface area contributed by atoms with Crippen LogP contribution in [-0.2, 0) is 9.59 Å². The van der Waals surface area contributed by atoms with Gasteiger partial charge in [0.1, 0.15) is 11.9 Å². The van der Waals surface area contributed by atoms with E-state index in [1.54, 1.807) is 7.05 Å². The van der Waals surface area contributed by atoms with Gasteiger partial charge in [-0.05, 0) is 30.7 Å². The number of rotatable bonds is 2. The van der Waals surface area contributed by atoms with E-state index < -0.39 is 17.9 Å². The Bertz CT molecular complexity index is 1050. The maximum Gasteiger partial charge on any atom is 0.236 e. The smallest absolute Gasteiger partial charge is 0.236 e. The fraction of sp³-hybridized carbons (Fsp3) is 0.333. The summed E-state index contributed by atoms with van der Waals surface area (Å²) in [6, 6.07) is 16.2. The van der Waals surface area contributed by atoms with E-state index in [1.165, 1.54) is 4.90 Å². The zero-order valence-corrected chi connectivity index (χ0v) is 17.0. The molecule has 1 fully saturated rings. The predicted molar refractivity (Wildman–Crippen MR) is 112 cm³/mol. The lowest BCUT2D eigenvalue weighted by Crippen LogP contribution is -2.41. The van der Waals surface area contributed by atoms with E-state index in [0.29, 0.717) is 0 Å². The zero-order chi connectivity index (χ0) is 20.4. The largest absolute Gasteiger partial charge is 0.484 e. The average Bonchev–Trinajstić information content (AvgIpc) is 3.20. The number of para-hydroxylation sites is 1. The minimum atomic E-state index is -0.489. The van der Waals surface area contributed by atoms with Gasteiger partial charge in [0, 0.05) is 43.9 Å². The summed E-state index contributed by atoms with van der Waals surface area (Å²) in [7, 11) is 5.60. The highest BCUT2D eigenvalue weighted by atomic mass is 16.5. The summed E-state index contributed by atoms with van der Waals surface area (Å²) >= 11 is 0. The molecule has 0 unspecified atom stereocenters. The maximum absolute atomic E-state index is 13.1. The van der Waals surface area contributed by atoms with Crippen molar-refractivity contribution >= 4 is 23.1 Å². The summed E-state index contributed by atoms with van der Waals surface area (Å²) in [5.41, 5.74) is 5.40. The first-order chi connectivity index (χ1) is 13.9.